The summed E-state index contributed by atoms with van der Waals surface area (Å²) in [6.07, 6.45) is 2.88. The van der Waals surface area contributed by atoms with Crippen LogP contribution in [0.3, 0.4) is 0 Å². The van der Waals surface area contributed by atoms with E-state index < -0.39 is 6.04 Å². The number of piperidine rings is 1. The zero-order chi connectivity index (χ0) is 18.0. The lowest BCUT2D eigenvalue weighted by Gasteiger charge is -2.34. The van der Waals surface area contributed by atoms with Crippen molar-refractivity contribution in [1.29, 1.82) is 5.26 Å². The maximum absolute atomic E-state index is 12.9. The van der Waals surface area contributed by atoms with Crippen molar-refractivity contribution in [2.24, 2.45) is 5.92 Å². The number of carbonyl (C=O) groups excluding carboxylic acids is 2. The Kier molecular flexibility index (Phi) is 5.51. The Labute approximate surface area is 157 Å². The van der Waals surface area contributed by atoms with E-state index in [2.05, 4.69) is 6.07 Å². The van der Waals surface area contributed by atoms with Gasteiger partial charge in [0.1, 0.15) is 6.04 Å². The van der Waals surface area contributed by atoms with Gasteiger partial charge in [-0.2, -0.15) is 5.26 Å². The van der Waals surface area contributed by atoms with Gasteiger partial charge in [0, 0.05) is 31.1 Å². The highest BCUT2D eigenvalue weighted by Gasteiger charge is 2.37. The average Bonchev–Trinajstić information content (AvgIpc) is 3.12. The van der Waals surface area contributed by atoms with Crippen LogP contribution in [0.15, 0.2) is 18.2 Å². The third-order valence-electron chi connectivity index (χ3n) is 4.95. The van der Waals surface area contributed by atoms with Crippen LogP contribution in [0.25, 0.3) is 0 Å². The lowest BCUT2D eigenvalue weighted by atomic mass is 9.98. The summed E-state index contributed by atoms with van der Waals surface area (Å²) in [5, 5.41) is 9.71. The molecule has 1 atom stereocenters. The highest BCUT2D eigenvalue weighted by atomic mass is 35.5. The molecule has 1 aromatic rings. The van der Waals surface area contributed by atoms with Crippen LogP contribution in [-0.2, 0) is 4.79 Å². The summed E-state index contributed by atoms with van der Waals surface area (Å²) in [6, 6.07) is 6.61. The molecule has 0 N–H and O–H groups in total. The summed E-state index contributed by atoms with van der Waals surface area (Å²) in [6.45, 7) is 1.73. The second kappa shape index (κ2) is 7.63. The van der Waals surface area contributed by atoms with E-state index >= 15 is 0 Å². The Hall–Kier alpha value is -1.77. The van der Waals surface area contributed by atoms with Crippen molar-refractivity contribution in [3.8, 4) is 6.07 Å². The molecule has 25 heavy (non-hydrogen) atoms. The highest BCUT2D eigenvalue weighted by Crippen LogP contribution is 2.27. The van der Waals surface area contributed by atoms with Crippen LogP contribution in [-0.4, -0.2) is 47.3 Å². The minimum absolute atomic E-state index is 0.0118. The molecule has 2 aliphatic rings. The van der Waals surface area contributed by atoms with Gasteiger partial charge in [-0.15, -0.1) is 0 Å². The van der Waals surface area contributed by atoms with E-state index in [0.717, 1.165) is 6.42 Å². The van der Waals surface area contributed by atoms with Gasteiger partial charge in [0.25, 0.3) is 5.91 Å². The van der Waals surface area contributed by atoms with Gasteiger partial charge in [-0.3, -0.25) is 9.59 Å². The molecule has 2 saturated heterocycles. The van der Waals surface area contributed by atoms with Crippen LogP contribution in [0.4, 0.5) is 0 Å². The number of carbonyl (C=O) groups is 2. The number of hydrogen-bond acceptors (Lipinski definition) is 3. The lowest BCUT2D eigenvalue weighted by Crippen LogP contribution is -2.50. The van der Waals surface area contributed by atoms with Crippen molar-refractivity contribution in [2.45, 2.75) is 31.7 Å². The smallest absolute Gasteiger partial charge is 0.254 e. The monoisotopic (exact) mass is 379 g/mol. The zero-order valence-corrected chi connectivity index (χ0v) is 15.3. The van der Waals surface area contributed by atoms with Crippen LogP contribution in [0, 0.1) is 17.2 Å². The van der Waals surface area contributed by atoms with Gasteiger partial charge < -0.3 is 9.80 Å². The van der Waals surface area contributed by atoms with Crippen molar-refractivity contribution in [1.82, 2.24) is 9.80 Å². The molecule has 132 valence electrons. The van der Waals surface area contributed by atoms with E-state index in [1.165, 1.54) is 0 Å². The molecule has 2 amide bonds. The van der Waals surface area contributed by atoms with Crippen molar-refractivity contribution >= 4 is 35.0 Å². The van der Waals surface area contributed by atoms with Gasteiger partial charge in [-0.05, 0) is 43.9 Å². The number of amides is 2. The number of nitrogens with zero attached hydrogens (tertiary/aromatic N) is 3. The Bertz CT molecular complexity index is 724. The molecule has 0 spiro atoms. The Morgan fingerprint density at radius 1 is 1.08 bits per heavy atom. The number of nitriles is 1. The molecule has 0 radical (unpaired) electrons. The summed E-state index contributed by atoms with van der Waals surface area (Å²) >= 11 is 11.9. The Morgan fingerprint density at radius 3 is 2.44 bits per heavy atom. The van der Waals surface area contributed by atoms with Crippen LogP contribution >= 0.6 is 23.2 Å². The van der Waals surface area contributed by atoms with Gasteiger partial charge in [-0.1, -0.05) is 23.2 Å². The summed E-state index contributed by atoms with van der Waals surface area (Å²) in [7, 11) is 0. The summed E-state index contributed by atoms with van der Waals surface area (Å²) in [5.41, 5.74) is 0.442. The Balaban J connectivity index is 1.71. The number of halogens is 2. The molecule has 2 aliphatic heterocycles. The van der Waals surface area contributed by atoms with E-state index in [4.69, 9.17) is 28.5 Å². The number of likely N-dealkylation sites (tertiary alicyclic amines) is 2. The molecule has 2 heterocycles. The number of benzene rings is 1. The lowest BCUT2D eigenvalue weighted by molar-refractivity contribution is -0.136. The van der Waals surface area contributed by atoms with Crippen molar-refractivity contribution in [3.63, 3.8) is 0 Å². The topological polar surface area (TPSA) is 64.4 Å². The van der Waals surface area contributed by atoms with E-state index in [0.29, 0.717) is 54.5 Å². The molecule has 0 aromatic heterocycles. The van der Waals surface area contributed by atoms with Crippen molar-refractivity contribution < 1.29 is 9.59 Å². The van der Waals surface area contributed by atoms with Gasteiger partial charge in [0.05, 0.1) is 16.1 Å². The van der Waals surface area contributed by atoms with Crippen molar-refractivity contribution in [3.05, 3.63) is 33.8 Å². The van der Waals surface area contributed by atoms with Gasteiger partial charge in [-0.25, -0.2) is 0 Å². The molecule has 0 saturated carbocycles. The first kappa shape index (κ1) is 18.0. The second-order valence-electron chi connectivity index (χ2n) is 6.51. The summed E-state index contributed by atoms with van der Waals surface area (Å²) in [5.74, 6) is -0.176. The minimum atomic E-state index is -0.430. The van der Waals surface area contributed by atoms with Gasteiger partial charge in [0.2, 0.25) is 5.91 Å². The standard InChI is InChI=1S/C18H19Cl2N3O2/c19-14-4-3-13(10-15(14)20)17(24)23-7-1-2-16(23)18(25)22-8-5-12(11-21)6-9-22/h3-4,10,12,16H,1-2,5-9H2. The van der Waals surface area contributed by atoms with Crippen LogP contribution < -0.4 is 0 Å². The predicted octanol–water partition coefficient (Wildman–Crippen LogP) is 3.36. The van der Waals surface area contributed by atoms with Crippen LogP contribution in [0.1, 0.15) is 36.0 Å². The zero-order valence-electron chi connectivity index (χ0n) is 13.8. The summed E-state index contributed by atoms with van der Waals surface area (Å²) in [4.78, 5) is 29.1. The SMILES string of the molecule is N#CC1CCN(C(=O)C2CCCN2C(=O)c2ccc(Cl)c(Cl)c2)CC1. The Morgan fingerprint density at radius 2 is 1.80 bits per heavy atom. The first-order valence-electron chi connectivity index (χ1n) is 8.45. The van der Waals surface area contributed by atoms with Crippen LogP contribution in [0.2, 0.25) is 10.0 Å². The predicted molar refractivity (Wildman–Crippen MR) is 95.4 cm³/mol. The number of rotatable bonds is 2. The number of hydrogen-bond donors (Lipinski definition) is 0. The van der Waals surface area contributed by atoms with E-state index in [9.17, 15) is 9.59 Å². The average molecular weight is 380 g/mol. The normalized spacial score (nSPS) is 21.2. The van der Waals surface area contributed by atoms with E-state index in [1.807, 2.05) is 0 Å². The molecule has 0 bridgehead atoms. The molecule has 2 fully saturated rings. The highest BCUT2D eigenvalue weighted by molar-refractivity contribution is 6.42. The summed E-state index contributed by atoms with van der Waals surface area (Å²) < 4.78 is 0. The van der Waals surface area contributed by atoms with Gasteiger partial charge >= 0.3 is 0 Å². The molecule has 3 rings (SSSR count). The maximum Gasteiger partial charge on any atom is 0.254 e. The molecule has 1 unspecified atom stereocenters. The quantitative estimate of drug-likeness (QED) is 0.790. The molecule has 1 aromatic carbocycles. The second-order valence-corrected chi connectivity index (χ2v) is 7.33. The maximum atomic E-state index is 12.9. The minimum Gasteiger partial charge on any atom is -0.341 e. The molecule has 7 heteroatoms. The van der Waals surface area contributed by atoms with Crippen molar-refractivity contribution in [2.75, 3.05) is 19.6 Å². The molecule has 5 nitrogen and oxygen atoms in total. The fourth-order valence-corrected chi connectivity index (χ4v) is 3.80. The van der Waals surface area contributed by atoms with E-state index in [-0.39, 0.29) is 17.7 Å². The first-order valence-corrected chi connectivity index (χ1v) is 9.21. The van der Waals surface area contributed by atoms with E-state index in [1.54, 1.807) is 28.0 Å². The fraction of sp³-hybridized carbons (Fsp3) is 0.500. The molecular formula is C18H19Cl2N3O2. The largest absolute Gasteiger partial charge is 0.341 e. The third-order valence-corrected chi connectivity index (χ3v) is 5.69. The molecular weight excluding hydrogens is 361 g/mol. The fourth-order valence-electron chi connectivity index (χ4n) is 3.50. The van der Waals surface area contributed by atoms with Crippen LogP contribution in [0.5, 0.6) is 0 Å². The third kappa shape index (κ3) is 3.75. The first-order chi connectivity index (χ1) is 12.0. The molecule has 0 aliphatic carbocycles. The van der Waals surface area contributed by atoms with Gasteiger partial charge in [0.15, 0.2) is 0 Å².